The molecule has 0 aliphatic rings. The monoisotopic (exact) mass is 408 g/mol. The third-order valence-electron chi connectivity index (χ3n) is 4.30. The first-order chi connectivity index (χ1) is 14.4. The summed E-state index contributed by atoms with van der Waals surface area (Å²) in [5.74, 6) is -0.0303. The normalized spacial score (nSPS) is 10.2. The van der Waals surface area contributed by atoms with Crippen LogP contribution in [0.5, 0.6) is 5.75 Å². The van der Waals surface area contributed by atoms with Crippen LogP contribution in [-0.4, -0.2) is 27.9 Å². The van der Waals surface area contributed by atoms with E-state index >= 15 is 0 Å². The molecule has 2 aromatic carbocycles. The van der Waals surface area contributed by atoms with E-state index in [0.717, 1.165) is 11.1 Å². The van der Waals surface area contributed by atoms with Crippen molar-refractivity contribution in [3.8, 4) is 5.75 Å². The van der Waals surface area contributed by atoms with Gasteiger partial charge in [0.05, 0.1) is 12.0 Å². The molecule has 30 heavy (non-hydrogen) atoms. The summed E-state index contributed by atoms with van der Waals surface area (Å²) in [6.45, 7) is 3.80. The highest BCUT2D eigenvalue weighted by molar-refractivity contribution is 5.95. The molecule has 0 bridgehead atoms. The Hall–Kier alpha value is -4.21. The average Bonchev–Trinajstić information content (AvgIpc) is 2.74. The summed E-state index contributed by atoms with van der Waals surface area (Å²) in [5.41, 5.74) is 7.44. The predicted octanol–water partition coefficient (Wildman–Crippen LogP) is 3.51. The Morgan fingerprint density at radius 3 is 2.43 bits per heavy atom. The number of nitrogens with one attached hydrogen (secondary N) is 3. The molecule has 10 nitrogen and oxygen atoms in total. The van der Waals surface area contributed by atoms with Gasteiger partial charge >= 0.3 is 5.69 Å². The predicted molar refractivity (Wildman–Crippen MR) is 112 cm³/mol. The second-order valence-corrected chi connectivity index (χ2v) is 6.43. The van der Waals surface area contributed by atoms with E-state index in [1.54, 1.807) is 24.3 Å². The Bertz CT molecular complexity index is 1090. The Kier molecular flexibility index (Phi) is 6.06. The summed E-state index contributed by atoms with van der Waals surface area (Å²) in [6.07, 6.45) is 1.17. The minimum Gasteiger partial charge on any atom is -0.497 e. The summed E-state index contributed by atoms with van der Waals surface area (Å²) in [7, 11) is 1.52. The molecule has 0 saturated carbocycles. The zero-order chi connectivity index (χ0) is 21.7. The molecule has 154 valence electrons. The van der Waals surface area contributed by atoms with Crippen molar-refractivity contribution in [1.82, 2.24) is 15.4 Å². The highest BCUT2D eigenvalue weighted by Gasteiger charge is 2.24. The third kappa shape index (κ3) is 4.61. The number of rotatable bonds is 7. The van der Waals surface area contributed by atoms with Crippen molar-refractivity contribution >= 4 is 28.9 Å². The average molecular weight is 408 g/mol. The van der Waals surface area contributed by atoms with E-state index in [0.29, 0.717) is 17.0 Å². The molecule has 0 aliphatic heterocycles. The third-order valence-corrected chi connectivity index (χ3v) is 4.30. The number of ether oxygens (including phenoxy) is 1. The van der Waals surface area contributed by atoms with Gasteiger partial charge in [-0.1, -0.05) is 12.1 Å². The maximum absolute atomic E-state index is 12.3. The molecule has 0 saturated heterocycles. The van der Waals surface area contributed by atoms with Gasteiger partial charge in [0, 0.05) is 11.3 Å². The molecule has 3 N–H and O–H groups in total. The SMILES string of the molecule is COc1ccc(C(=O)NNc2ncnc(Nc3cc(C)ccc3C)c2[N+](=O)[O-])cc1. The zero-order valence-electron chi connectivity index (χ0n) is 16.6. The second kappa shape index (κ2) is 8.86. The van der Waals surface area contributed by atoms with E-state index in [9.17, 15) is 14.9 Å². The van der Waals surface area contributed by atoms with Crippen LogP contribution in [-0.2, 0) is 0 Å². The van der Waals surface area contributed by atoms with Crippen LogP contribution in [0.3, 0.4) is 0 Å². The number of aryl methyl sites for hydroxylation is 2. The number of carbonyl (C=O) groups is 1. The Labute approximate surface area is 172 Å². The van der Waals surface area contributed by atoms with Crippen LogP contribution >= 0.6 is 0 Å². The number of aromatic nitrogens is 2. The van der Waals surface area contributed by atoms with E-state index in [4.69, 9.17) is 4.74 Å². The van der Waals surface area contributed by atoms with Gasteiger partial charge in [0.25, 0.3) is 5.91 Å². The lowest BCUT2D eigenvalue weighted by Crippen LogP contribution is -2.30. The quantitative estimate of drug-likeness (QED) is 0.400. The highest BCUT2D eigenvalue weighted by atomic mass is 16.6. The zero-order valence-corrected chi connectivity index (χ0v) is 16.6. The van der Waals surface area contributed by atoms with Crippen molar-refractivity contribution in [1.29, 1.82) is 0 Å². The van der Waals surface area contributed by atoms with Crippen molar-refractivity contribution in [2.45, 2.75) is 13.8 Å². The molecule has 1 heterocycles. The summed E-state index contributed by atoms with van der Waals surface area (Å²) in [6, 6.07) is 12.1. The number of hydrogen-bond acceptors (Lipinski definition) is 8. The molecule has 10 heteroatoms. The molecular weight excluding hydrogens is 388 g/mol. The van der Waals surface area contributed by atoms with Crippen LogP contribution < -0.4 is 20.9 Å². The molecule has 0 unspecified atom stereocenters. The largest absolute Gasteiger partial charge is 0.497 e. The summed E-state index contributed by atoms with van der Waals surface area (Å²) in [5, 5.41) is 14.7. The van der Waals surface area contributed by atoms with Crippen LogP contribution in [0.1, 0.15) is 21.5 Å². The van der Waals surface area contributed by atoms with Crippen molar-refractivity contribution < 1.29 is 14.5 Å². The first kappa shape index (κ1) is 20.5. The van der Waals surface area contributed by atoms with Gasteiger partial charge in [-0.3, -0.25) is 25.8 Å². The second-order valence-electron chi connectivity index (χ2n) is 6.43. The van der Waals surface area contributed by atoms with Gasteiger partial charge in [-0.15, -0.1) is 0 Å². The van der Waals surface area contributed by atoms with Gasteiger partial charge in [0.1, 0.15) is 12.1 Å². The lowest BCUT2D eigenvalue weighted by atomic mass is 10.1. The first-order valence-electron chi connectivity index (χ1n) is 8.93. The van der Waals surface area contributed by atoms with Gasteiger partial charge in [0.2, 0.25) is 11.6 Å². The fraction of sp³-hybridized carbons (Fsp3) is 0.150. The van der Waals surface area contributed by atoms with Crippen LogP contribution in [0.2, 0.25) is 0 Å². The Morgan fingerprint density at radius 1 is 1.07 bits per heavy atom. The highest BCUT2D eigenvalue weighted by Crippen LogP contribution is 2.32. The number of amides is 1. The minimum absolute atomic E-state index is 0.00453. The van der Waals surface area contributed by atoms with Crippen molar-refractivity contribution in [2.24, 2.45) is 0 Å². The maximum atomic E-state index is 12.3. The van der Waals surface area contributed by atoms with E-state index in [1.165, 1.54) is 13.4 Å². The topological polar surface area (TPSA) is 131 Å². The van der Waals surface area contributed by atoms with E-state index in [2.05, 4.69) is 26.1 Å². The van der Waals surface area contributed by atoms with Gasteiger partial charge in [-0.25, -0.2) is 9.97 Å². The number of anilines is 3. The van der Waals surface area contributed by atoms with E-state index < -0.39 is 16.5 Å². The Balaban J connectivity index is 1.82. The minimum atomic E-state index is -0.616. The number of hydrogen-bond donors (Lipinski definition) is 3. The van der Waals surface area contributed by atoms with Crippen molar-refractivity contribution in [3.63, 3.8) is 0 Å². The van der Waals surface area contributed by atoms with Gasteiger partial charge in [0.15, 0.2) is 0 Å². The number of methoxy groups -OCH3 is 1. The number of nitrogens with zero attached hydrogens (tertiary/aromatic N) is 3. The molecule has 0 atom stereocenters. The smallest absolute Gasteiger partial charge is 0.355 e. The van der Waals surface area contributed by atoms with Crippen LogP contribution in [0.15, 0.2) is 48.8 Å². The van der Waals surface area contributed by atoms with Crippen molar-refractivity contribution in [2.75, 3.05) is 17.9 Å². The van der Waals surface area contributed by atoms with Crippen LogP contribution in [0, 0.1) is 24.0 Å². The number of nitro groups is 1. The fourth-order valence-corrected chi connectivity index (χ4v) is 2.66. The first-order valence-corrected chi connectivity index (χ1v) is 8.93. The molecule has 1 amide bonds. The van der Waals surface area contributed by atoms with Crippen molar-refractivity contribution in [3.05, 3.63) is 75.6 Å². The Morgan fingerprint density at radius 2 is 1.77 bits per heavy atom. The molecule has 3 rings (SSSR count). The molecule has 3 aromatic rings. The maximum Gasteiger partial charge on any atom is 0.355 e. The summed E-state index contributed by atoms with van der Waals surface area (Å²) < 4.78 is 5.05. The molecule has 1 aromatic heterocycles. The van der Waals surface area contributed by atoms with Crippen LogP contribution in [0.25, 0.3) is 0 Å². The summed E-state index contributed by atoms with van der Waals surface area (Å²) >= 11 is 0. The molecule has 0 fully saturated rings. The van der Waals surface area contributed by atoms with E-state index in [1.807, 2.05) is 32.0 Å². The molecule has 0 radical (unpaired) electrons. The number of benzene rings is 2. The van der Waals surface area contributed by atoms with Crippen LogP contribution in [0.4, 0.5) is 23.0 Å². The van der Waals surface area contributed by atoms with E-state index in [-0.39, 0.29) is 11.6 Å². The fourth-order valence-electron chi connectivity index (χ4n) is 2.66. The van der Waals surface area contributed by atoms with Gasteiger partial charge < -0.3 is 10.1 Å². The molecule has 0 spiro atoms. The molecule has 0 aliphatic carbocycles. The number of carbonyl (C=O) groups excluding carboxylic acids is 1. The lowest BCUT2D eigenvalue weighted by Gasteiger charge is -2.12. The lowest BCUT2D eigenvalue weighted by molar-refractivity contribution is -0.383. The number of hydrazine groups is 1. The van der Waals surface area contributed by atoms with Gasteiger partial charge in [-0.2, -0.15) is 0 Å². The van der Waals surface area contributed by atoms with Gasteiger partial charge in [-0.05, 0) is 55.3 Å². The standard InChI is InChI=1S/C20H20N6O4/c1-12-4-5-13(2)16(10-12)23-18-17(26(28)29)19(22-11-21-18)24-25-20(27)14-6-8-15(30-3)9-7-14/h4-11H,1-3H3,(H,25,27)(H2,21,22,23,24). The summed E-state index contributed by atoms with van der Waals surface area (Å²) in [4.78, 5) is 31.3. The molecular formula is C20H20N6O4.